The van der Waals surface area contributed by atoms with E-state index in [0.717, 1.165) is 22.8 Å². The van der Waals surface area contributed by atoms with E-state index in [1.165, 1.54) is 5.56 Å². The van der Waals surface area contributed by atoms with Gasteiger partial charge in [0.15, 0.2) is 11.6 Å². The molecule has 3 aromatic rings. The highest BCUT2D eigenvalue weighted by atomic mass is 15.3. The molecule has 0 radical (unpaired) electrons. The van der Waals surface area contributed by atoms with Gasteiger partial charge in [-0.2, -0.15) is 5.10 Å². The zero-order valence-electron chi connectivity index (χ0n) is 11.0. The Hall–Kier alpha value is -2.42. The Balaban J connectivity index is 2.10. The molecule has 0 spiro atoms. The fraction of sp³-hybridized carbons (Fsp3) is 0.125. The molecule has 0 saturated carbocycles. The van der Waals surface area contributed by atoms with Crippen molar-refractivity contribution in [2.45, 2.75) is 6.92 Å². The van der Waals surface area contributed by atoms with E-state index in [4.69, 9.17) is 0 Å². The number of aromatic nitrogens is 3. The smallest absolute Gasteiger partial charge is 0.182 e. The van der Waals surface area contributed by atoms with Gasteiger partial charge in [-0.25, -0.2) is 9.67 Å². The van der Waals surface area contributed by atoms with Crippen molar-refractivity contribution in [1.82, 2.24) is 14.8 Å². The Kier molecular flexibility index (Phi) is 2.88. The van der Waals surface area contributed by atoms with E-state index in [1.807, 2.05) is 54.2 Å². The van der Waals surface area contributed by atoms with E-state index in [-0.39, 0.29) is 0 Å². The van der Waals surface area contributed by atoms with E-state index in [9.17, 15) is 0 Å². The highest BCUT2D eigenvalue weighted by molar-refractivity contribution is 5.64. The van der Waals surface area contributed by atoms with Crippen LogP contribution in [0.5, 0.6) is 0 Å². The van der Waals surface area contributed by atoms with Crippen molar-refractivity contribution in [1.29, 1.82) is 0 Å². The van der Waals surface area contributed by atoms with Crippen LogP contribution in [-0.4, -0.2) is 14.8 Å². The predicted molar refractivity (Wildman–Crippen MR) is 76.6 cm³/mol. The zero-order chi connectivity index (χ0) is 13.2. The minimum absolute atomic E-state index is 0.777. The average Bonchev–Trinajstić information content (AvgIpc) is 2.82. The summed E-state index contributed by atoms with van der Waals surface area (Å²) in [5.41, 5.74) is 3.35. The van der Waals surface area contributed by atoms with Crippen LogP contribution in [0.3, 0.4) is 0 Å². The number of rotatable bonds is 2. The van der Waals surface area contributed by atoms with Crippen LogP contribution in [0.1, 0.15) is 5.56 Å². The highest BCUT2D eigenvalue weighted by Gasteiger charge is 2.11. The topological polar surface area (TPSA) is 30.7 Å². The van der Waals surface area contributed by atoms with Gasteiger partial charge in [0.25, 0.3) is 0 Å². The van der Waals surface area contributed by atoms with Gasteiger partial charge >= 0.3 is 0 Å². The summed E-state index contributed by atoms with van der Waals surface area (Å²) in [6.07, 6.45) is 0. The van der Waals surface area contributed by atoms with E-state index in [0.29, 0.717) is 0 Å². The molecule has 3 heteroatoms. The first-order chi connectivity index (χ1) is 9.25. The average molecular weight is 249 g/mol. The third kappa shape index (κ3) is 2.15. The molecule has 94 valence electrons. The zero-order valence-corrected chi connectivity index (χ0v) is 11.0. The van der Waals surface area contributed by atoms with E-state index < -0.39 is 0 Å². The van der Waals surface area contributed by atoms with Crippen molar-refractivity contribution in [3.05, 3.63) is 60.2 Å². The van der Waals surface area contributed by atoms with Crippen LogP contribution >= 0.6 is 0 Å². The summed E-state index contributed by atoms with van der Waals surface area (Å²) in [6.45, 7) is 2.08. The predicted octanol–water partition coefficient (Wildman–Crippen LogP) is 3.46. The standard InChI is InChI=1S/C16H15N3/c1-12-8-6-7-11-14(12)15-17-16(19(2)18-15)13-9-4-3-5-10-13/h3-11H,1-2H3. The molecule has 19 heavy (non-hydrogen) atoms. The van der Waals surface area contributed by atoms with Crippen LogP contribution in [0, 0.1) is 6.92 Å². The molecule has 0 aliphatic rings. The van der Waals surface area contributed by atoms with Crippen molar-refractivity contribution in [2.75, 3.05) is 0 Å². The van der Waals surface area contributed by atoms with Gasteiger partial charge in [-0.1, -0.05) is 54.6 Å². The van der Waals surface area contributed by atoms with Gasteiger partial charge in [0.2, 0.25) is 0 Å². The molecular formula is C16H15N3. The second-order valence-electron chi connectivity index (χ2n) is 4.56. The van der Waals surface area contributed by atoms with Gasteiger partial charge in [-0.15, -0.1) is 0 Å². The van der Waals surface area contributed by atoms with Gasteiger partial charge in [-0.05, 0) is 12.5 Å². The maximum Gasteiger partial charge on any atom is 0.182 e. The molecule has 1 heterocycles. The van der Waals surface area contributed by atoms with Crippen molar-refractivity contribution in [2.24, 2.45) is 7.05 Å². The summed E-state index contributed by atoms with van der Waals surface area (Å²) in [4.78, 5) is 4.66. The van der Waals surface area contributed by atoms with Gasteiger partial charge in [0.05, 0.1) is 0 Å². The van der Waals surface area contributed by atoms with Gasteiger partial charge < -0.3 is 0 Å². The Labute approximate surface area is 112 Å². The molecule has 2 aromatic carbocycles. The first-order valence-corrected chi connectivity index (χ1v) is 6.28. The molecule has 0 fully saturated rings. The number of hydrogen-bond acceptors (Lipinski definition) is 2. The third-order valence-corrected chi connectivity index (χ3v) is 3.18. The third-order valence-electron chi connectivity index (χ3n) is 3.18. The molecule has 3 nitrogen and oxygen atoms in total. The van der Waals surface area contributed by atoms with Crippen molar-refractivity contribution < 1.29 is 0 Å². The fourth-order valence-electron chi connectivity index (χ4n) is 2.16. The molecule has 0 saturated heterocycles. The largest absolute Gasteiger partial charge is 0.248 e. The highest BCUT2D eigenvalue weighted by Crippen LogP contribution is 2.23. The lowest BCUT2D eigenvalue weighted by molar-refractivity contribution is 0.777. The van der Waals surface area contributed by atoms with Gasteiger partial charge in [0, 0.05) is 18.2 Å². The van der Waals surface area contributed by atoms with Crippen LogP contribution in [0.15, 0.2) is 54.6 Å². The van der Waals surface area contributed by atoms with E-state index >= 15 is 0 Å². The van der Waals surface area contributed by atoms with Crippen LogP contribution in [-0.2, 0) is 7.05 Å². The van der Waals surface area contributed by atoms with Crippen LogP contribution in [0.25, 0.3) is 22.8 Å². The minimum atomic E-state index is 0.777. The second kappa shape index (κ2) is 4.69. The summed E-state index contributed by atoms with van der Waals surface area (Å²) >= 11 is 0. The summed E-state index contributed by atoms with van der Waals surface area (Å²) < 4.78 is 1.83. The second-order valence-corrected chi connectivity index (χ2v) is 4.56. The molecule has 0 atom stereocenters. The molecule has 0 N–H and O–H groups in total. The van der Waals surface area contributed by atoms with Crippen LogP contribution in [0.4, 0.5) is 0 Å². The monoisotopic (exact) mass is 249 g/mol. The molecule has 0 amide bonds. The van der Waals surface area contributed by atoms with Crippen LogP contribution in [0.2, 0.25) is 0 Å². The minimum Gasteiger partial charge on any atom is -0.248 e. The van der Waals surface area contributed by atoms with Gasteiger partial charge in [-0.3, -0.25) is 0 Å². The lowest BCUT2D eigenvalue weighted by Gasteiger charge is -1.99. The molecule has 0 aliphatic heterocycles. The molecule has 0 unspecified atom stereocenters. The van der Waals surface area contributed by atoms with Crippen LogP contribution < -0.4 is 0 Å². The van der Waals surface area contributed by atoms with Crippen molar-refractivity contribution >= 4 is 0 Å². The fourth-order valence-corrected chi connectivity index (χ4v) is 2.16. The number of nitrogens with zero attached hydrogens (tertiary/aromatic N) is 3. The first kappa shape index (κ1) is 11.7. The number of aryl methyl sites for hydroxylation is 2. The summed E-state index contributed by atoms with van der Waals surface area (Å²) in [6, 6.07) is 18.3. The van der Waals surface area contributed by atoms with E-state index in [2.05, 4.69) is 29.1 Å². The number of hydrogen-bond donors (Lipinski definition) is 0. The molecule has 3 rings (SSSR count). The summed E-state index contributed by atoms with van der Waals surface area (Å²) in [5, 5.41) is 4.52. The van der Waals surface area contributed by atoms with Crippen molar-refractivity contribution in [3.8, 4) is 22.8 Å². The molecule has 0 bridgehead atoms. The molecule has 0 aliphatic carbocycles. The lowest BCUT2D eigenvalue weighted by Crippen LogP contribution is -1.94. The number of benzene rings is 2. The maximum atomic E-state index is 4.66. The Morgan fingerprint density at radius 3 is 2.32 bits per heavy atom. The first-order valence-electron chi connectivity index (χ1n) is 6.28. The van der Waals surface area contributed by atoms with E-state index in [1.54, 1.807) is 0 Å². The molecule has 1 aromatic heterocycles. The molecular weight excluding hydrogens is 234 g/mol. The lowest BCUT2D eigenvalue weighted by atomic mass is 10.1. The SMILES string of the molecule is Cc1ccccc1-c1nc(-c2ccccc2)n(C)n1. The van der Waals surface area contributed by atoms with Gasteiger partial charge in [0.1, 0.15) is 0 Å². The normalized spacial score (nSPS) is 10.6. The summed E-state index contributed by atoms with van der Waals surface area (Å²) in [7, 11) is 1.93. The Morgan fingerprint density at radius 1 is 0.895 bits per heavy atom. The van der Waals surface area contributed by atoms with Crippen molar-refractivity contribution in [3.63, 3.8) is 0 Å². The maximum absolute atomic E-state index is 4.66. The Morgan fingerprint density at radius 2 is 1.58 bits per heavy atom. The quantitative estimate of drug-likeness (QED) is 0.696. The Bertz CT molecular complexity index is 699. The summed E-state index contributed by atoms with van der Waals surface area (Å²) in [5.74, 6) is 1.67.